The highest BCUT2D eigenvalue weighted by molar-refractivity contribution is 5.99. The molecule has 1 amide bonds. The van der Waals surface area contributed by atoms with Crippen molar-refractivity contribution in [2.75, 3.05) is 20.2 Å². The molecule has 5 rings (SSSR count). The Kier molecular flexibility index (Phi) is 5.27. The Bertz CT molecular complexity index is 1510. The number of fused-ring (bicyclic) bond motifs is 4. The van der Waals surface area contributed by atoms with E-state index < -0.39 is 0 Å². The molecule has 10 heteroatoms. The number of aromatic amines is 2. The van der Waals surface area contributed by atoms with Crippen LogP contribution < -0.4 is 10.3 Å². The number of aromatic nitrogens is 6. The summed E-state index contributed by atoms with van der Waals surface area (Å²) >= 11 is 0. The highest BCUT2D eigenvalue weighted by Gasteiger charge is 2.23. The number of ether oxygens (including phenoxy) is 1. The minimum atomic E-state index is -0.256. The third kappa shape index (κ3) is 3.57. The first-order chi connectivity index (χ1) is 16.4. The molecule has 10 nitrogen and oxygen atoms in total. The van der Waals surface area contributed by atoms with Gasteiger partial charge in [-0.1, -0.05) is 6.92 Å². The molecule has 34 heavy (non-hydrogen) atoms. The molecular formula is C24H25N7O3. The Labute approximate surface area is 195 Å². The van der Waals surface area contributed by atoms with Crippen LogP contribution in [0.1, 0.15) is 40.1 Å². The molecule has 2 N–H and O–H groups in total. The lowest BCUT2D eigenvalue weighted by Gasteiger charge is -2.18. The molecule has 0 spiro atoms. The van der Waals surface area contributed by atoms with Gasteiger partial charge in [0.15, 0.2) is 5.69 Å². The molecule has 0 atom stereocenters. The van der Waals surface area contributed by atoms with Crippen molar-refractivity contribution in [2.45, 2.75) is 20.3 Å². The molecule has 0 saturated heterocycles. The SMILES string of the molecule is CCc1c2c(nn1C)C(=O)N(C)CCOc1c[nH]c(=O)cc1-c1cc3c(n[nH]c3c(C)n1)/C=C/2. The van der Waals surface area contributed by atoms with Crippen molar-refractivity contribution >= 4 is 29.0 Å². The lowest BCUT2D eigenvalue weighted by atomic mass is 10.1. The number of nitrogens with zero attached hydrogens (tertiary/aromatic N) is 5. The molecule has 4 aromatic heterocycles. The summed E-state index contributed by atoms with van der Waals surface area (Å²) in [5.74, 6) is 0.286. The second-order valence-electron chi connectivity index (χ2n) is 8.29. The number of aryl methyl sites for hydroxylation is 2. The molecule has 2 bridgehead atoms. The lowest BCUT2D eigenvalue weighted by molar-refractivity contribution is 0.0767. The number of nitrogens with one attached hydrogen (secondary N) is 2. The van der Waals surface area contributed by atoms with E-state index in [2.05, 4.69) is 20.3 Å². The van der Waals surface area contributed by atoms with Crippen LogP contribution in [-0.4, -0.2) is 61.0 Å². The zero-order valence-corrected chi connectivity index (χ0v) is 19.5. The first-order valence-corrected chi connectivity index (χ1v) is 11.1. The number of pyridine rings is 2. The van der Waals surface area contributed by atoms with Gasteiger partial charge in [-0.05, 0) is 31.6 Å². The van der Waals surface area contributed by atoms with Gasteiger partial charge >= 0.3 is 0 Å². The van der Waals surface area contributed by atoms with Crippen molar-refractivity contribution in [1.29, 1.82) is 0 Å². The van der Waals surface area contributed by atoms with Gasteiger partial charge in [0.05, 0.1) is 29.1 Å². The summed E-state index contributed by atoms with van der Waals surface area (Å²) in [6.45, 7) is 4.50. The van der Waals surface area contributed by atoms with E-state index in [1.165, 1.54) is 12.3 Å². The van der Waals surface area contributed by atoms with E-state index in [9.17, 15) is 9.59 Å². The summed E-state index contributed by atoms with van der Waals surface area (Å²) in [7, 11) is 3.56. The van der Waals surface area contributed by atoms with Crippen molar-refractivity contribution in [3.8, 4) is 17.0 Å². The molecule has 0 aliphatic carbocycles. The monoisotopic (exact) mass is 459 g/mol. The van der Waals surface area contributed by atoms with Gasteiger partial charge < -0.3 is 14.6 Å². The summed E-state index contributed by atoms with van der Waals surface area (Å²) in [5, 5.41) is 12.9. The van der Waals surface area contributed by atoms with E-state index in [1.807, 2.05) is 39.1 Å². The summed E-state index contributed by atoms with van der Waals surface area (Å²) in [4.78, 5) is 34.3. The lowest BCUT2D eigenvalue weighted by Crippen LogP contribution is -2.31. The van der Waals surface area contributed by atoms with Crippen molar-refractivity contribution in [3.05, 3.63) is 57.0 Å². The highest BCUT2D eigenvalue weighted by Crippen LogP contribution is 2.31. The number of carbonyl (C=O) groups is 1. The average molecular weight is 460 g/mol. The summed E-state index contributed by atoms with van der Waals surface area (Å²) in [5.41, 5.74) is 5.29. The van der Waals surface area contributed by atoms with Crippen LogP contribution in [0.15, 0.2) is 23.1 Å². The Balaban J connectivity index is 1.75. The zero-order valence-electron chi connectivity index (χ0n) is 19.5. The fraction of sp³-hybridized carbons (Fsp3) is 0.292. The van der Waals surface area contributed by atoms with E-state index in [1.54, 1.807) is 16.6 Å². The molecule has 5 heterocycles. The normalized spacial score (nSPS) is 14.9. The number of hydrogen-bond donors (Lipinski definition) is 2. The molecule has 4 aromatic rings. The van der Waals surface area contributed by atoms with Crippen LogP contribution in [0.3, 0.4) is 0 Å². The van der Waals surface area contributed by atoms with Gasteiger partial charge in [-0.2, -0.15) is 10.2 Å². The summed E-state index contributed by atoms with van der Waals surface area (Å²) < 4.78 is 7.75. The fourth-order valence-corrected chi connectivity index (χ4v) is 4.30. The predicted molar refractivity (Wildman–Crippen MR) is 129 cm³/mol. The number of carbonyl (C=O) groups excluding carboxylic acids is 1. The number of amides is 1. The van der Waals surface area contributed by atoms with Gasteiger partial charge in [0.1, 0.15) is 12.4 Å². The maximum absolute atomic E-state index is 13.3. The highest BCUT2D eigenvalue weighted by atomic mass is 16.5. The van der Waals surface area contributed by atoms with Crippen LogP contribution in [0.25, 0.3) is 34.3 Å². The van der Waals surface area contributed by atoms with Crippen LogP contribution in [0.5, 0.6) is 5.75 Å². The van der Waals surface area contributed by atoms with Crippen LogP contribution in [-0.2, 0) is 13.5 Å². The Morgan fingerprint density at radius 1 is 1.18 bits per heavy atom. The Morgan fingerprint density at radius 3 is 2.79 bits per heavy atom. The summed E-state index contributed by atoms with van der Waals surface area (Å²) in [6, 6.07) is 3.37. The van der Waals surface area contributed by atoms with Crippen LogP contribution >= 0.6 is 0 Å². The second-order valence-corrected chi connectivity index (χ2v) is 8.29. The smallest absolute Gasteiger partial charge is 0.274 e. The van der Waals surface area contributed by atoms with E-state index in [0.29, 0.717) is 34.9 Å². The first-order valence-electron chi connectivity index (χ1n) is 11.1. The zero-order chi connectivity index (χ0) is 24.0. The van der Waals surface area contributed by atoms with E-state index >= 15 is 0 Å². The second kappa shape index (κ2) is 8.29. The standard InChI is InChI=1S/C24H25N7O3/c1-5-19-14-6-7-17-16-10-18(26-13(2)22(16)28-27-17)15-11-21(32)25-12-20(15)34-9-8-30(3)24(33)23(14)29-31(19)4/h6-7,10-12H,5,8-9H2,1-4H3,(H,25,32)(H,27,28)/b7-6+. The third-order valence-corrected chi connectivity index (χ3v) is 6.11. The molecule has 1 aliphatic heterocycles. The van der Waals surface area contributed by atoms with Crippen LogP contribution in [0, 0.1) is 6.92 Å². The summed E-state index contributed by atoms with van der Waals surface area (Å²) in [6.07, 6.45) is 6.02. The molecular weight excluding hydrogens is 434 g/mol. The van der Waals surface area contributed by atoms with Gasteiger partial charge in [0, 0.05) is 48.6 Å². The molecule has 174 valence electrons. The van der Waals surface area contributed by atoms with Crippen molar-refractivity contribution in [2.24, 2.45) is 7.05 Å². The first kappa shape index (κ1) is 21.6. The minimum Gasteiger partial charge on any atom is -0.489 e. The molecule has 0 unspecified atom stereocenters. The van der Waals surface area contributed by atoms with Crippen molar-refractivity contribution in [1.82, 2.24) is 34.8 Å². The molecule has 0 radical (unpaired) electrons. The number of hydrogen-bond acceptors (Lipinski definition) is 6. The largest absolute Gasteiger partial charge is 0.489 e. The minimum absolute atomic E-state index is 0.194. The maximum Gasteiger partial charge on any atom is 0.274 e. The van der Waals surface area contributed by atoms with Crippen molar-refractivity contribution < 1.29 is 9.53 Å². The quantitative estimate of drug-likeness (QED) is 0.451. The number of H-pyrrole nitrogens is 2. The van der Waals surface area contributed by atoms with Gasteiger partial charge in [-0.25, -0.2) is 0 Å². The van der Waals surface area contributed by atoms with Gasteiger partial charge in [-0.3, -0.25) is 24.4 Å². The number of rotatable bonds is 1. The molecule has 1 aliphatic rings. The predicted octanol–water partition coefficient (Wildman–Crippen LogP) is 2.55. The number of likely N-dealkylation sites (N-methyl/N-ethyl adjacent to an activating group) is 1. The van der Waals surface area contributed by atoms with Gasteiger partial charge in [0.25, 0.3) is 5.91 Å². The van der Waals surface area contributed by atoms with Crippen molar-refractivity contribution in [3.63, 3.8) is 0 Å². The molecule has 0 aromatic carbocycles. The van der Waals surface area contributed by atoms with Gasteiger partial charge in [-0.15, -0.1) is 0 Å². The van der Waals surface area contributed by atoms with Gasteiger partial charge in [0.2, 0.25) is 5.56 Å². The van der Waals surface area contributed by atoms with Crippen LogP contribution in [0.4, 0.5) is 0 Å². The third-order valence-electron chi connectivity index (χ3n) is 6.11. The Morgan fingerprint density at radius 2 is 2.00 bits per heavy atom. The molecule has 0 fully saturated rings. The molecule has 0 saturated carbocycles. The van der Waals surface area contributed by atoms with Crippen LogP contribution in [0.2, 0.25) is 0 Å². The van der Waals surface area contributed by atoms with E-state index in [0.717, 1.165) is 34.3 Å². The average Bonchev–Trinajstić information content (AvgIpc) is 3.37. The van der Waals surface area contributed by atoms with E-state index in [4.69, 9.17) is 9.72 Å². The van der Waals surface area contributed by atoms with E-state index in [-0.39, 0.29) is 18.1 Å². The topological polar surface area (TPSA) is 122 Å². The fourth-order valence-electron chi connectivity index (χ4n) is 4.30. The Hall–Kier alpha value is -4.21. The maximum atomic E-state index is 13.3.